The Balaban J connectivity index is 2.15. The van der Waals surface area contributed by atoms with E-state index in [1.54, 1.807) is 17.3 Å². The average Bonchev–Trinajstić information content (AvgIpc) is 2.26. The van der Waals surface area contributed by atoms with E-state index >= 15 is 0 Å². The predicted octanol–water partition coefficient (Wildman–Crippen LogP) is 1.97. The fraction of sp³-hybridized carbons (Fsp3) is 0.500. The molecule has 1 aliphatic rings. The third-order valence-corrected chi connectivity index (χ3v) is 3.20. The molecule has 0 atom stereocenters. The van der Waals surface area contributed by atoms with Crippen molar-refractivity contribution >= 4 is 5.91 Å². The molecule has 0 aliphatic carbocycles. The molecule has 1 amide bonds. The SMILES string of the molecule is CC(C)(C)c1cncc(C(=O)N2CC(C#N)C2)c1. The number of amides is 1. The lowest BCUT2D eigenvalue weighted by Gasteiger charge is -2.35. The number of pyridine rings is 1. The summed E-state index contributed by atoms with van der Waals surface area (Å²) < 4.78 is 0. The summed E-state index contributed by atoms with van der Waals surface area (Å²) in [6, 6.07) is 4.06. The molecule has 0 aromatic carbocycles. The number of nitriles is 1. The fourth-order valence-electron chi connectivity index (χ4n) is 1.88. The first kappa shape index (κ1) is 12.6. The van der Waals surface area contributed by atoms with Gasteiger partial charge in [0.1, 0.15) is 0 Å². The van der Waals surface area contributed by atoms with Crippen molar-refractivity contribution in [3.63, 3.8) is 0 Å². The fourth-order valence-corrected chi connectivity index (χ4v) is 1.88. The van der Waals surface area contributed by atoms with Gasteiger partial charge < -0.3 is 4.90 Å². The molecule has 1 aromatic heterocycles. The molecular formula is C14H17N3O. The molecule has 4 nitrogen and oxygen atoms in total. The molecule has 0 bridgehead atoms. The van der Waals surface area contributed by atoms with Gasteiger partial charge in [-0.2, -0.15) is 5.26 Å². The van der Waals surface area contributed by atoms with Crippen LogP contribution in [0.1, 0.15) is 36.7 Å². The van der Waals surface area contributed by atoms with E-state index in [2.05, 4.69) is 31.8 Å². The van der Waals surface area contributed by atoms with Crippen molar-refractivity contribution in [3.05, 3.63) is 29.6 Å². The highest BCUT2D eigenvalue weighted by Gasteiger charge is 2.31. The van der Waals surface area contributed by atoms with E-state index in [-0.39, 0.29) is 17.2 Å². The molecule has 18 heavy (non-hydrogen) atoms. The van der Waals surface area contributed by atoms with Crippen molar-refractivity contribution in [2.45, 2.75) is 26.2 Å². The Labute approximate surface area is 107 Å². The van der Waals surface area contributed by atoms with Gasteiger partial charge in [-0.05, 0) is 17.0 Å². The van der Waals surface area contributed by atoms with Crippen molar-refractivity contribution in [2.75, 3.05) is 13.1 Å². The van der Waals surface area contributed by atoms with Crippen LogP contribution in [0, 0.1) is 17.2 Å². The molecule has 1 saturated heterocycles. The summed E-state index contributed by atoms with van der Waals surface area (Å²) in [5.41, 5.74) is 1.64. The van der Waals surface area contributed by atoms with Gasteiger partial charge in [0.05, 0.1) is 17.6 Å². The van der Waals surface area contributed by atoms with Crippen LogP contribution in [0.25, 0.3) is 0 Å². The van der Waals surface area contributed by atoms with E-state index in [0.29, 0.717) is 18.7 Å². The normalized spacial score (nSPS) is 16.0. The highest BCUT2D eigenvalue weighted by molar-refractivity contribution is 5.94. The van der Waals surface area contributed by atoms with E-state index in [4.69, 9.17) is 5.26 Å². The van der Waals surface area contributed by atoms with Gasteiger partial charge >= 0.3 is 0 Å². The molecule has 1 aliphatic heterocycles. The minimum atomic E-state index is -0.0277. The van der Waals surface area contributed by atoms with Crippen molar-refractivity contribution < 1.29 is 4.79 Å². The molecule has 1 aromatic rings. The van der Waals surface area contributed by atoms with Crippen LogP contribution >= 0.6 is 0 Å². The van der Waals surface area contributed by atoms with Crippen LogP contribution in [0.4, 0.5) is 0 Å². The van der Waals surface area contributed by atoms with Gasteiger partial charge in [0.15, 0.2) is 0 Å². The molecule has 0 radical (unpaired) electrons. The first-order chi connectivity index (χ1) is 8.41. The Morgan fingerprint density at radius 1 is 1.44 bits per heavy atom. The standard InChI is InChI=1S/C14H17N3O/c1-14(2,3)12-4-11(6-16-7-12)13(18)17-8-10(5-15)9-17/h4,6-7,10H,8-9H2,1-3H3. The van der Waals surface area contributed by atoms with Gasteiger partial charge in [0, 0.05) is 25.5 Å². The molecule has 1 fully saturated rings. The summed E-state index contributed by atoms with van der Waals surface area (Å²) >= 11 is 0. The zero-order chi connectivity index (χ0) is 13.3. The zero-order valence-electron chi connectivity index (χ0n) is 11.0. The van der Waals surface area contributed by atoms with Gasteiger partial charge in [-0.25, -0.2) is 0 Å². The van der Waals surface area contributed by atoms with Crippen molar-refractivity contribution in [1.82, 2.24) is 9.88 Å². The summed E-state index contributed by atoms with van der Waals surface area (Å²) in [5.74, 6) is -0.0344. The van der Waals surface area contributed by atoms with Gasteiger partial charge in [-0.3, -0.25) is 9.78 Å². The Bertz CT molecular complexity index is 505. The number of nitrogens with zero attached hydrogens (tertiary/aromatic N) is 3. The van der Waals surface area contributed by atoms with Crippen molar-refractivity contribution in [1.29, 1.82) is 5.26 Å². The minimum Gasteiger partial charge on any atom is -0.336 e. The lowest BCUT2D eigenvalue weighted by atomic mass is 9.87. The number of aromatic nitrogens is 1. The Morgan fingerprint density at radius 3 is 2.67 bits per heavy atom. The van der Waals surface area contributed by atoms with E-state index in [1.165, 1.54) is 0 Å². The van der Waals surface area contributed by atoms with Crippen LogP contribution in [-0.4, -0.2) is 28.9 Å². The van der Waals surface area contributed by atoms with Crippen molar-refractivity contribution in [2.24, 2.45) is 5.92 Å². The number of hydrogen-bond donors (Lipinski definition) is 0. The summed E-state index contributed by atoms with van der Waals surface area (Å²) in [6.07, 6.45) is 3.39. The Hall–Kier alpha value is -1.89. The molecule has 2 heterocycles. The number of likely N-dealkylation sites (tertiary alicyclic amines) is 1. The van der Waals surface area contributed by atoms with E-state index in [9.17, 15) is 4.79 Å². The molecule has 0 saturated carbocycles. The second-order valence-electron chi connectivity index (χ2n) is 5.75. The molecule has 2 rings (SSSR count). The predicted molar refractivity (Wildman–Crippen MR) is 67.9 cm³/mol. The zero-order valence-corrected chi connectivity index (χ0v) is 11.0. The minimum absolute atomic E-state index is 0.00675. The summed E-state index contributed by atoms with van der Waals surface area (Å²) in [6.45, 7) is 7.35. The van der Waals surface area contributed by atoms with Gasteiger partial charge in [0.2, 0.25) is 0 Å². The lowest BCUT2D eigenvalue weighted by Crippen LogP contribution is -2.49. The average molecular weight is 243 g/mol. The first-order valence-corrected chi connectivity index (χ1v) is 6.06. The number of carbonyl (C=O) groups is 1. The van der Waals surface area contributed by atoms with Gasteiger partial charge in [-0.15, -0.1) is 0 Å². The lowest BCUT2D eigenvalue weighted by molar-refractivity contribution is 0.0576. The highest BCUT2D eigenvalue weighted by Crippen LogP contribution is 2.23. The van der Waals surface area contributed by atoms with Gasteiger partial charge in [0.25, 0.3) is 5.91 Å². The summed E-state index contributed by atoms with van der Waals surface area (Å²) in [4.78, 5) is 18.0. The van der Waals surface area contributed by atoms with Crippen LogP contribution in [-0.2, 0) is 5.41 Å². The molecule has 94 valence electrons. The molecule has 0 spiro atoms. The summed E-state index contributed by atoms with van der Waals surface area (Å²) in [5, 5.41) is 8.71. The maximum absolute atomic E-state index is 12.1. The first-order valence-electron chi connectivity index (χ1n) is 6.06. The Kier molecular flexibility index (Phi) is 3.08. The third-order valence-electron chi connectivity index (χ3n) is 3.20. The number of carbonyl (C=O) groups excluding carboxylic acids is 1. The van der Waals surface area contributed by atoms with Crippen LogP contribution in [0.5, 0.6) is 0 Å². The Morgan fingerprint density at radius 2 is 2.11 bits per heavy atom. The van der Waals surface area contributed by atoms with Crippen LogP contribution in [0.15, 0.2) is 18.5 Å². The molecule has 0 unspecified atom stereocenters. The second-order valence-corrected chi connectivity index (χ2v) is 5.75. The summed E-state index contributed by atoms with van der Waals surface area (Å²) in [7, 11) is 0. The quantitative estimate of drug-likeness (QED) is 0.757. The second kappa shape index (κ2) is 4.41. The third kappa shape index (κ3) is 2.35. The molecular weight excluding hydrogens is 226 g/mol. The number of hydrogen-bond acceptors (Lipinski definition) is 3. The smallest absolute Gasteiger partial charge is 0.255 e. The van der Waals surface area contributed by atoms with Crippen molar-refractivity contribution in [3.8, 4) is 6.07 Å². The van der Waals surface area contributed by atoms with Crippen LogP contribution in [0.2, 0.25) is 0 Å². The van der Waals surface area contributed by atoms with E-state index in [1.807, 2.05) is 6.07 Å². The monoisotopic (exact) mass is 243 g/mol. The maximum Gasteiger partial charge on any atom is 0.255 e. The largest absolute Gasteiger partial charge is 0.336 e. The number of rotatable bonds is 1. The van der Waals surface area contributed by atoms with E-state index in [0.717, 1.165) is 5.56 Å². The maximum atomic E-state index is 12.1. The van der Waals surface area contributed by atoms with E-state index < -0.39 is 0 Å². The molecule has 0 N–H and O–H groups in total. The highest BCUT2D eigenvalue weighted by atomic mass is 16.2. The van der Waals surface area contributed by atoms with Gasteiger partial charge in [-0.1, -0.05) is 20.8 Å². The van der Waals surface area contributed by atoms with Crippen LogP contribution in [0.3, 0.4) is 0 Å². The topological polar surface area (TPSA) is 57.0 Å². The molecule has 4 heteroatoms. The van der Waals surface area contributed by atoms with Crippen LogP contribution < -0.4 is 0 Å².